The first-order valence-corrected chi connectivity index (χ1v) is 12.5. The van der Waals surface area contributed by atoms with Crippen LogP contribution in [0.4, 0.5) is 0 Å². The monoisotopic (exact) mass is 526 g/mol. The molecule has 12 heteroatoms. The molecule has 0 aliphatic rings. The Morgan fingerprint density at radius 2 is 2.03 bits per heavy atom. The minimum absolute atomic E-state index is 0.0588. The number of thioether (sulfide) groups is 1. The van der Waals surface area contributed by atoms with Gasteiger partial charge in [-0.2, -0.15) is 11.8 Å². The van der Waals surface area contributed by atoms with Gasteiger partial charge >= 0.3 is 5.97 Å². The summed E-state index contributed by atoms with van der Waals surface area (Å²) in [7, 11) is 0. The lowest BCUT2D eigenvalue weighted by Crippen LogP contribution is -2.29. The standard InChI is InChI=1S/C24H23ClN6O4S/c25-17-6-4-15-5-7-18(27-20(15)11-17)14-35-19-3-1-2-16(10-19)21(12-22-28-30-31-29-22)36-9-8-23(32)26-13-24(33)34/h1-7,10-11,21H,8-9,12-14H2,(H,26,32)(H,33,34)(H,28,29,30,31). The number of halogens is 1. The fourth-order valence-corrected chi connectivity index (χ4v) is 4.81. The Bertz CT molecular complexity index is 1340. The second-order valence-electron chi connectivity index (χ2n) is 7.83. The third-order valence-electron chi connectivity index (χ3n) is 5.18. The van der Waals surface area contributed by atoms with Crippen LogP contribution in [0.2, 0.25) is 5.02 Å². The SMILES string of the molecule is O=C(O)CNC(=O)CCSC(Cc1nnn[nH]1)c1cccc(OCc2ccc3ccc(Cl)cc3n2)c1. The largest absolute Gasteiger partial charge is 0.487 e. The summed E-state index contributed by atoms with van der Waals surface area (Å²) in [6.45, 7) is -0.103. The second-order valence-corrected chi connectivity index (χ2v) is 9.58. The van der Waals surface area contributed by atoms with Crippen molar-refractivity contribution in [2.75, 3.05) is 12.3 Å². The Hall–Kier alpha value is -3.70. The topological polar surface area (TPSA) is 143 Å². The van der Waals surface area contributed by atoms with Gasteiger partial charge in [-0.1, -0.05) is 35.9 Å². The summed E-state index contributed by atoms with van der Waals surface area (Å²) < 4.78 is 6.02. The highest BCUT2D eigenvalue weighted by Crippen LogP contribution is 2.34. The predicted molar refractivity (Wildman–Crippen MR) is 136 cm³/mol. The summed E-state index contributed by atoms with van der Waals surface area (Å²) in [6.07, 6.45) is 0.710. The Balaban J connectivity index is 1.41. The number of hydrogen-bond donors (Lipinski definition) is 3. The third-order valence-corrected chi connectivity index (χ3v) is 6.70. The normalized spacial score (nSPS) is 11.8. The Kier molecular flexibility index (Phi) is 8.69. The Morgan fingerprint density at radius 1 is 1.17 bits per heavy atom. The Labute approximate surface area is 215 Å². The molecule has 2 heterocycles. The van der Waals surface area contributed by atoms with E-state index in [0.29, 0.717) is 35.4 Å². The number of aromatic amines is 1. The van der Waals surface area contributed by atoms with Gasteiger partial charge in [0.25, 0.3) is 0 Å². The van der Waals surface area contributed by atoms with Crippen LogP contribution in [-0.2, 0) is 22.6 Å². The quantitative estimate of drug-likeness (QED) is 0.252. The molecule has 0 radical (unpaired) electrons. The van der Waals surface area contributed by atoms with Gasteiger partial charge < -0.3 is 15.2 Å². The minimum Gasteiger partial charge on any atom is -0.487 e. The van der Waals surface area contributed by atoms with E-state index in [-0.39, 0.29) is 17.6 Å². The van der Waals surface area contributed by atoms with Gasteiger partial charge in [-0.3, -0.25) is 9.59 Å². The zero-order chi connectivity index (χ0) is 25.3. The number of carbonyl (C=O) groups excluding carboxylic acids is 1. The fraction of sp³-hybridized carbons (Fsp3) is 0.250. The first-order valence-electron chi connectivity index (χ1n) is 11.1. The summed E-state index contributed by atoms with van der Waals surface area (Å²) in [5.41, 5.74) is 2.57. The smallest absolute Gasteiger partial charge is 0.322 e. The number of aromatic nitrogens is 5. The summed E-state index contributed by atoms with van der Waals surface area (Å²) >= 11 is 7.65. The highest BCUT2D eigenvalue weighted by Gasteiger charge is 2.17. The zero-order valence-corrected chi connectivity index (χ0v) is 20.6. The van der Waals surface area contributed by atoms with E-state index >= 15 is 0 Å². The van der Waals surface area contributed by atoms with Crippen LogP contribution < -0.4 is 10.1 Å². The summed E-state index contributed by atoms with van der Waals surface area (Å²) in [5.74, 6) is 0.401. The van der Waals surface area contributed by atoms with E-state index in [2.05, 4.69) is 30.9 Å². The number of H-pyrrole nitrogens is 1. The first-order chi connectivity index (χ1) is 17.5. The maximum Gasteiger partial charge on any atom is 0.322 e. The van der Waals surface area contributed by atoms with Crippen molar-refractivity contribution in [1.82, 2.24) is 30.9 Å². The molecule has 2 aromatic carbocycles. The van der Waals surface area contributed by atoms with Gasteiger partial charge in [-0.25, -0.2) is 10.1 Å². The number of carbonyl (C=O) groups is 2. The van der Waals surface area contributed by atoms with Crippen molar-refractivity contribution >= 4 is 46.1 Å². The third kappa shape index (κ3) is 7.40. The van der Waals surface area contributed by atoms with Crippen molar-refractivity contribution in [3.05, 3.63) is 76.7 Å². The van der Waals surface area contributed by atoms with Gasteiger partial charge in [0.05, 0.1) is 11.2 Å². The number of fused-ring (bicyclic) bond motifs is 1. The van der Waals surface area contributed by atoms with Crippen LogP contribution in [0.25, 0.3) is 10.9 Å². The molecule has 2 aromatic heterocycles. The summed E-state index contributed by atoms with van der Waals surface area (Å²) in [6, 6.07) is 17.2. The molecule has 0 aliphatic carbocycles. The van der Waals surface area contributed by atoms with Crippen molar-refractivity contribution in [1.29, 1.82) is 0 Å². The maximum atomic E-state index is 11.9. The molecule has 0 bridgehead atoms. The van der Waals surface area contributed by atoms with Crippen molar-refractivity contribution in [3.8, 4) is 5.75 Å². The molecule has 0 spiro atoms. The number of pyridine rings is 1. The van der Waals surface area contributed by atoms with E-state index in [1.54, 1.807) is 11.8 Å². The number of nitrogens with zero attached hydrogens (tertiary/aromatic N) is 4. The lowest BCUT2D eigenvalue weighted by Gasteiger charge is -2.17. The van der Waals surface area contributed by atoms with E-state index in [9.17, 15) is 9.59 Å². The number of carboxylic acids is 1. The molecule has 1 atom stereocenters. The number of carboxylic acid groups (broad SMARTS) is 1. The van der Waals surface area contributed by atoms with Crippen LogP contribution in [-0.4, -0.2) is 54.9 Å². The molecule has 0 saturated heterocycles. The first kappa shape index (κ1) is 25.4. The van der Waals surface area contributed by atoms with E-state index in [0.717, 1.165) is 22.2 Å². The van der Waals surface area contributed by atoms with Gasteiger partial charge in [0.1, 0.15) is 24.7 Å². The number of tetrazole rings is 1. The van der Waals surface area contributed by atoms with Gasteiger partial charge in [-0.05, 0) is 46.3 Å². The van der Waals surface area contributed by atoms with Gasteiger partial charge in [0.15, 0.2) is 0 Å². The Morgan fingerprint density at radius 3 is 2.83 bits per heavy atom. The predicted octanol–water partition coefficient (Wildman–Crippen LogP) is 3.59. The fourth-order valence-electron chi connectivity index (χ4n) is 3.45. The van der Waals surface area contributed by atoms with E-state index in [1.807, 2.05) is 54.6 Å². The number of nitrogens with one attached hydrogen (secondary N) is 2. The number of rotatable bonds is 12. The number of amides is 1. The average molecular weight is 527 g/mol. The van der Waals surface area contributed by atoms with Gasteiger partial charge in [0, 0.05) is 34.3 Å². The minimum atomic E-state index is -1.08. The van der Waals surface area contributed by atoms with Crippen molar-refractivity contribution in [3.63, 3.8) is 0 Å². The van der Waals surface area contributed by atoms with Crippen LogP contribution in [0.1, 0.15) is 28.8 Å². The van der Waals surface area contributed by atoms with Crippen LogP contribution >= 0.6 is 23.4 Å². The highest BCUT2D eigenvalue weighted by atomic mass is 35.5. The summed E-state index contributed by atoms with van der Waals surface area (Å²) in [5, 5.41) is 26.7. The molecule has 4 rings (SSSR count). The molecule has 186 valence electrons. The van der Waals surface area contributed by atoms with Crippen LogP contribution in [0.3, 0.4) is 0 Å². The molecule has 0 aliphatic heterocycles. The lowest BCUT2D eigenvalue weighted by molar-refractivity contribution is -0.137. The second kappa shape index (κ2) is 12.3. The van der Waals surface area contributed by atoms with Crippen molar-refractivity contribution in [2.24, 2.45) is 0 Å². The molecule has 10 nitrogen and oxygen atoms in total. The highest BCUT2D eigenvalue weighted by molar-refractivity contribution is 7.99. The van der Waals surface area contributed by atoms with Gasteiger partial charge in [0.2, 0.25) is 5.91 Å². The van der Waals surface area contributed by atoms with E-state index in [4.69, 9.17) is 21.4 Å². The number of aliphatic carboxylic acids is 1. The molecule has 1 amide bonds. The van der Waals surface area contributed by atoms with Crippen LogP contribution in [0.15, 0.2) is 54.6 Å². The van der Waals surface area contributed by atoms with Gasteiger partial charge in [-0.15, -0.1) is 5.10 Å². The molecule has 36 heavy (non-hydrogen) atoms. The van der Waals surface area contributed by atoms with Crippen molar-refractivity contribution < 1.29 is 19.4 Å². The molecule has 0 fully saturated rings. The average Bonchev–Trinajstić information content (AvgIpc) is 3.39. The molecule has 3 N–H and O–H groups in total. The zero-order valence-electron chi connectivity index (χ0n) is 19.1. The number of ether oxygens (including phenoxy) is 1. The molecule has 1 unspecified atom stereocenters. The van der Waals surface area contributed by atoms with Crippen LogP contribution in [0, 0.1) is 0 Å². The number of hydrogen-bond acceptors (Lipinski definition) is 8. The van der Waals surface area contributed by atoms with Crippen LogP contribution in [0.5, 0.6) is 5.75 Å². The molecular weight excluding hydrogens is 504 g/mol. The maximum absolute atomic E-state index is 11.9. The van der Waals surface area contributed by atoms with E-state index in [1.165, 1.54) is 0 Å². The summed E-state index contributed by atoms with van der Waals surface area (Å²) in [4.78, 5) is 27.2. The molecular formula is C24H23ClN6O4S. The lowest BCUT2D eigenvalue weighted by atomic mass is 10.1. The van der Waals surface area contributed by atoms with E-state index < -0.39 is 12.5 Å². The molecule has 4 aromatic rings. The molecule has 0 saturated carbocycles. The number of benzene rings is 2. The van der Waals surface area contributed by atoms with Crippen molar-refractivity contribution in [2.45, 2.75) is 24.7 Å².